The average molecular weight is 361 g/mol. The first-order chi connectivity index (χ1) is 12.0. The summed E-state index contributed by atoms with van der Waals surface area (Å²) in [5.41, 5.74) is 1.48. The maximum Gasteiger partial charge on any atom is 0.233 e. The van der Waals surface area contributed by atoms with E-state index in [0.29, 0.717) is 29.6 Å². The molecule has 0 radical (unpaired) electrons. The highest BCUT2D eigenvalue weighted by Crippen LogP contribution is 2.21. The van der Waals surface area contributed by atoms with Crippen molar-refractivity contribution in [3.63, 3.8) is 0 Å². The van der Waals surface area contributed by atoms with Gasteiger partial charge in [-0.3, -0.25) is 4.79 Å². The van der Waals surface area contributed by atoms with Crippen molar-refractivity contribution in [3.05, 3.63) is 42.2 Å². The summed E-state index contributed by atoms with van der Waals surface area (Å²) in [6, 6.07) is 9.76. The Hall–Kier alpha value is -1.99. The zero-order valence-electron chi connectivity index (χ0n) is 14.2. The van der Waals surface area contributed by atoms with E-state index in [-0.39, 0.29) is 23.9 Å². The van der Waals surface area contributed by atoms with Crippen molar-refractivity contribution in [2.75, 3.05) is 18.8 Å². The summed E-state index contributed by atoms with van der Waals surface area (Å²) in [6.07, 6.45) is 0.125. The number of rotatable bonds is 4. The molecule has 132 valence electrons. The van der Waals surface area contributed by atoms with Gasteiger partial charge >= 0.3 is 0 Å². The second-order valence-corrected chi connectivity index (χ2v) is 7.10. The van der Waals surface area contributed by atoms with Crippen LogP contribution in [0.4, 0.5) is 4.39 Å². The Kier molecular flexibility index (Phi) is 5.65. The molecule has 1 fully saturated rings. The van der Waals surface area contributed by atoms with E-state index in [4.69, 9.17) is 4.74 Å². The van der Waals surface area contributed by atoms with E-state index in [9.17, 15) is 9.18 Å². The van der Waals surface area contributed by atoms with Crippen LogP contribution in [0.1, 0.15) is 13.8 Å². The third-order valence-corrected chi connectivity index (χ3v) is 4.80. The number of benzene rings is 1. The van der Waals surface area contributed by atoms with Crippen LogP contribution in [-0.2, 0) is 9.53 Å². The monoisotopic (exact) mass is 361 g/mol. The van der Waals surface area contributed by atoms with Crippen molar-refractivity contribution in [3.8, 4) is 11.3 Å². The fourth-order valence-electron chi connectivity index (χ4n) is 2.78. The van der Waals surface area contributed by atoms with Crippen LogP contribution in [0.25, 0.3) is 11.3 Å². The molecule has 1 aromatic heterocycles. The molecule has 3 rings (SSSR count). The SMILES string of the molecule is C[C@@H]1CN(C(=O)CSc2ccc(-c3ccc(F)cc3)nn2)C[C@@H](C)O1. The first-order valence-electron chi connectivity index (χ1n) is 8.17. The van der Waals surface area contributed by atoms with Crippen LogP contribution in [0.15, 0.2) is 41.4 Å². The van der Waals surface area contributed by atoms with Crippen molar-refractivity contribution >= 4 is 17.7 Å². The van der Waals surface area contributed by atoms with Crippen LogP contribution in [0, 0.1) is 5.82 Å². The Morgan fingerprint density at radius 2 is 1.84 bits per heavy atom. The van der Waals surface area contributed by atoms with Crippen LogP contribution in [0.5, 0.6) is 0 Å². The van der Waals surface area contributed by atoms with E-state index in [1.807, 2.05) is 30.9 Å². The zero-order valence-corrected chi connectivity index (χ0v) is 15.0. The third-order valence-electron chi connectivity index (χ3n) is 3.90. The summed E-state index contributed by atoms with van der Waals surface area (Å²) >= 11 is 1.37. The van der Waals surface area contributed by atoms with Crippen molar-refractivity contribution in [1.82, 2.24) is 15.1 Å². The number of thioether (sulfide) groups is 1. The number of halogens is 1. The molecule has 0 bridgehead atoms. The molecule has 1 saturated heterocycles. The summed E-state index contributed by atoms with van der Waals surface area (Å²) in [5.74, 6) is 0.120. The molecular formula is C18H20FN3O2S. The Bertz CT molecular complexity index is 714. The molecule has 7 heteroatoms. The minimum Gasteiger partial charge on any atom is -0.372 e. The van der Waals surface area contributed by atoms with Gasteiger partial charge in [-0.25, -0.2) is 4.39 Å². The Balaban J connectivity index is 1.56. The lowest BCUT2D eigenvalue weighted by Crippen LogP contribution is -2.48. The number of aromatic nitrogens is 2. The molecule has 2 atom stereocenters. The molecule has 25 heavy (non-hydrogen) atoms. The molecule has 5 nitrogen and oxygen atoms in total. The van der Waals surface area contributed by atoms with Gasteiger partial charge in [0.15, 0.2) is 0 Å². The number of nitrogens with zero attached hydrogens (tertiary/aromatic N) is 3. The zero-order chi connectivity index (χ0) is 17.8. The predicted molar refractivity (Wildman–Crippen MR) is 94.7 cm³/mol. The maximum atomic E-state index is 13.0. The van der Waals surface area contributed by atoms with E-state index < -0.39 is 0 Å². The lowest BCUT2D eigenvalue weighted by molar-refractivity contribution is -0.140. The van der Waals surface area contributed by atoms with Gasteiger partial charge in [0.1, 0.15) is 10.8 Å². The molecular weight excluding hydrogens is 341 g/mol. The van der Waals surface area contributed by atoms with Gasteiger partial charge in [-0.1, -0.05) is 11.8 Å². The van der Waals surface area contributed by atoms with Gasteiger partial charge in [-0.2, -0.15) is 0 Å². The first kappa shape index (κ1) is 17.8. The van der Waals surface area contributed by atoms with Crippen molar-refractivity contribution < 1.29 is 13.9 Å². The summed E-state index contributed by atoms with van der Waals surface area (Å²) in [4.78, 5) is 14.2. The van der Waals surface area contributed by atoms with Crippen molar-refractivity contribution in [2.45, 2.75) is 31.1 Å². The van der Waals surface area contributed by atoms with Crippen LogP contribution in [-0.4, -0.2) is 52.1 Å². The second kappa shape index (κ2) is 7.93. The first-order valence-corrected chi connectivity index (χ1v) is 9.15. The van der Waals surface area contributed by atoms with Gasteiger partial charge in [-0.15, -0.1) is 10.2 Å². The van der Waals surface area contributed by atoms with Gasteiger partial charge in [0.2, 0.25) is 5.91 Å². The lowest BCUT2D eigenvalue weighted by Gasteiger charge is -2.35. The van der Waals surface area contributed by atoms with Crippen molar-refractivity contribution in [2.24, 2.45) is 0 Å². The van der Waals surface area contributed by atoms with Crippen LogP contribution in [0.2, 0.25) is 0 Å². The number of hydrogen-bond donors (Lipinski definition) is 0. The Labute approximate surface area is 150 Å². The summed E-state index contributed by atoms with van der Waals surface area (Å²) in [6.45, 7) is 5.20. The van der Waals surface area contributed by atoms with Gasteiger partial charge in [0, 0.05) is 18.7 Å². The molecule has 0 spiro atoms. The molecule has 0 aliphatic carbocycles. The quantitative estimate of drug-likeness (QED) is 0.784. The summed E-state index contributed by atoms with van der Waals surface area (Å²) in [5, 5.41) is 8.99. The number of hydrogen-bond acceptors (Lipinski definition) is 5. The van der Waals surface area contributed by atoms with Gasteiger partial charge in [0.25, 0.3) is 0 Å². The maximum absolute atomic E-state index is 13.0. The van der Waals surface area contributed by atoms with Gasteiger partial charge < -0.3 is 9.64 Å². The van der Waals surface area contributed by atoms with Gasteiger partial charge in [0.05, 0.1) is 23.7 Å². The highest BCUT2D eigenvalue weighted by atomic mass is 32.2. The fourth-order valence-corrected chi connectivity index (χ4v) is 3.50. The number of morpholine rings is 1. The molecule has 1 aliphatic heterocycles. The van der Waals surface area contributed by atoms with E-state index in [1.54, 1.807) is 12.1 Å². The van der Waals surface area contributed by atoms with Gasteiger partial charge in [-0.05, 0) is 50.2 Å². The van der Waals surface area contributed by atoms with Crippen LogP contribution < -0.4 is 0 Å². The van der Waals surface area contributed by atoms with Crippen LogP contribution in [0.3, 0.4) is 0 Å². The molecule has 0 N–H and O–H groups in total. The standard InChI is InChI=1S/C18H20FN3O2S/c1-12-9-22(10-13(2)24-12)18(23)11-25-17-8-7-16(20-21-17)14-3-5-15(19)6-4-14/h3-8,12-13H,9-11H2,1-2H3/t12-,13-/m1/s1. The normalized spacial score (nSPS) is 20.5. The third kappa shape index (κ3) is 4.76. The van der Waals surface area contributed by atoms with E-state index in [2.05, 4.69) is 10.2 Å². The summed E-state index contributed by atoms with van der Waals surface area (Å²) < 4.78 is 18.6. The molecule has 0 saturated carbocycles. The lowest BCUT2D eigenvalue weighted by atomic mass is 10.1. The number of amides is 1. The Morgan fingerprint density at radius 3 is 2.44 bits per heavy atom. The predicted octanol–water partition coefficient (Wildman–Crippen LogP) is 3.01. The molecule has 0 unspecified atom stereocenters. The second-order valence-electron chi connectivity index (χ2n) is 6.11. The molecule has 1 amide bonds. The highest BCUT2D eigenvalue weighted by Gasteiger charge is 2.25. The van der Waals surface area contributed by atoms with E-state index in [1.165, 1.54) is 23.9 Å². The number of ether oxygens (including phenoxy) is 1. The fraction of sp³-hybridized carbons (Fsp3) is 0.389. The molecule has 1 aromatic carbocycles. The van der Waals surface area contributed by atoms with Crippen LogP contribution >= 0.6 is 11.8 Å². The average Bonchev–Trinajstić information content (AvgIpc) is 2.60. The molecule has 2 heterocycles. The van der Waals surface area contributed by atoms with Crippen molar-refractivity contribution in [1.29, 1.82) is 0 Å². The number of carbonyl (C=O) groups excluding carboxylic acids is 1. The smallest absolute Gasteiger partial charge is 0.233 e. The topological polar surface area (TPSA) is 55.3 Å². The number of carbonyl (C=O) groups is 1. The largest absolute Gasteiger partial charge is 0.372 e. The molecule has 1 aliphatic rings. The highest BCUT2D eigenvalue weighted by molar-refractivity contribution is 7.99. The minimum absolute atomic E-state index is 0.0625. The van der Waals surface area contributed by atoms with E-state index in [0.717, 1.165) is 5.56 Å². The van der Waals surface area contributed by atoms with E-state index >= 15 is 0 Å². The Morgan fingerprint density at radius 1 is 1.16 bits per heavy atom. The summed E-state index contributed by atoms with van der Waals surface area (Å²) in [7, 11) is 0. The molecule has 2 aromatic rings. The minimum atomic E-state index is -0.283.